The van der Waals surface area contributed by atoms with Crippen LogP contribution in [0.5, 0.6) is 5.75 Å². The fourth-order valence-corrected chi connectivity index (χ4v) is 1.58. The number of nitrogens with two attached hydrogens (primary N) is 1. The number of methoxy groups -OCH3 is 1. The van der Waals surface area contributed by atoms with Gasteiger partial charge in [-0.15, -0.1) is 0 Å². The van der Waals surface area contributed by atoms with Crippen LogP contribution in [0.1, 0.15) is 5.69 Å². The summed E-state index contributed by atoms with van der Waals surface area (Å²) in [6.07, 6.45) is 3.06. The van der Waals surface area contributed by atoms with Crippen molar-refractivity contribution in [2.24, 2.45) is 5.73 Å². The van der Waals surface area contributed by atoms with E-state index in [2.05, 4.69) is 9.97 Å². The minimum atomic E-state index is -0.0944. The van der Waals surface area contributed by atoms with Gasteiger partial charge in [0.05, 0.1) is 19.5 Å². The molecule has 1 aromatic carbocycles. The highest BCUT2D eigenvalue weighted by molar-refractivity contribution is 5.92. The van der Waals surface area contributed by atoms with Crippen LogP contribution in [0.2, 0.25) is 0 Å². The van der Waals surface area contributed by atoms with Gasteiger partial charge >= 0.3 is 0 Å². The molecule has 0 fully saturated rings. The third kappa shape index (κ3) is 2.79. The molecule has 1 aromatic heterocycles. The van der Waals surface area contributed by atoms with Gasteiger partial charge < -0.3 is 15.4 Å². The van der Waals surface area contributed by atoms with Crippen LogP contribution in [0.3, 0.4) is 0 Å². The van der Waals surface area contributed by atoms with Gasteiger partial charge in [-0.25, -0.2) is 9.97 Å². The molecule has 0 radical (unpaired) electrons. The number of hydrogen-bond donors (Lipinski definition) is 2. The molecule has 0 unspecified atom stereocenters. The van der Waals surface area contributed by atoms with Crippen LogP contribution >= 0.6 is 0 Å². The summed E-state index contributed by atoms with van der Waals surface area (Å²) in [5, 5.41) is 7.28. The van der Waals surface area contributed by atoms with Gasteiger partial charge in [-0.2, -0.15) is 0 Å². The predicted molar refractivity (Wildman–Crippen MR) is 74.1 cm³/mol. The van der Waals surface area contributed by atoms with E-state index in [1.807, 2.05) is 36.2 Å². The van der Waals surface area contributed by atoms with Crippen molar-refractivity contribution in [3.8, 4) is 5.75 Å². The second kappa shape index (κ2) is 5.34. The minimum absolute atomic E-state index is 0.0944. The number of anilines is 2. The summed E-state index contributed by atoms with van der Waals surface area (Å²) in [6.45, 7) is 0. The van der Waals surface area contributed by atoms with Crippen LogP contribution in [-0.2, 0) is 0 Å². The normalized spacial score (nSPS) is 10.0. The number of nitrogens with one attached hydrogen (secondary N) is 1. The number of nitrogen functional groups attached to an aromatic ring is 1. The first kappa shape index (κ1) is 12.8. The molecule has 0 saturated carbocycles. The predicted octanol–water partition coefficient (Wildman–Crippen LogP) is 1.54. The summed E-state index contributed by atoms with van der Waals surface area (Å²) in [7, 11) is 3.51. The number of nitrogens with zero attached hydrogens (tertiary/aromatic N) is 3. The molecule has 19 heavy (non-hydrogen) atoms. The smallest absolute Gasteiger partial charge is 0.151 e. The Kier molecular flexibility index (Phi) is 3.61. The molecular formula is C13H15N5O. The SMILES string of the molecule is COc1cccc(N(C)c2cnc(C(=N)N)cn2)c1. The summed E-state index contributed by atoms with van der Waals surface area (Å²) in [5.41, 5.74) is 6.64. The van der Waals surface area contributed by atoms with Crippen LogP contribution in [-0.4, -0.2) is 30.0 Å². The van der Waals surface area contributed by atoms with Crippen molar-refractivity contribution in [1.82, 2.24) is 9.97 Å². The monoisotopic (exact) mass is 257 g/mol. The van der Waals surface area contributed by atoms with Gasteiger partial charge in [0.1, 0.15) is 17.3 Å². The molecule has 6 heteroatoms. The fraction of sp³-hybridized carbons (Fsp3) is 0.154. The van der Waals surface area contributed by atoms with Crippen LogP contribution in [0.25, 0.3) is 0 Å². The van der Waals surface area contributed by atoms with Crippen molar-refractivity contribution in [2.45, 2.75) is 0 Å². The first-order valence-corrected chi connectivity index (χ1v) is 5.66. The highest BCUT2D eigenvalue weighted by atomic mass is 16.5. The number of amidine groups is 1. The molecule has 0 aliphatic carbocycles. The maximum Gasteiger partial charge on any atom is 0.151 e. The van der Waals surface area contributed by atoms with Crippen molar-refractivity contribution < 1.29 is 4.74 Å². The average Bonchev–Trinajstić information content (AvgIpc) is 2.46. The summed E-state index contributed by atoms with van der Waals surface area (Å²) in [6, 6.07) is 7.63. The molecule has 0 amide bonds. The molecule has 1 heterocycles. The van der Waals surface area contributed by atoms with Gasteiger partial charge in [0.15, 0.2) is 5.82 Å². The number of aromatic nitrogens is 2. The third-order valence-electron chi connectivity index (χ3n) is 2.70. The Morgan fingerprint density at radius 1 is 1.32 bits per heavy atom. The quantitative estimate of drug-likeness (QED) is 0.640. The molecule has 0 aliphatic heterocycles. The van der Waals surface area contributed by atoms with Gasteiger partial charge in [-0.3, -0.25) is 5.41 Å². The fourth-order valence-electron chi connectivity index (χ4n) is 1.58. The van der Waals surface area contributed by atoms with Gasteiger partial charge in [-0.05, 0) is 12.1 Å². The van der Waals surface area contributed by atoms with E-state index in [1.165, 1.54) is 6.20 Å². The van der Waals surface area contributed by atoms with E-state index in [1.54, 1.807) is 13.3 Å². The Morgan fingerprint density at radius 3 is 2.68 bits per heavy atom. The van der Waals surface area contributed by atoms with E-state index in [0.29, 0.717) is 11.5 Å². The molecule has 0 spiro atoms. The lowest BCUT2D eigenvalue weighted by Crippen LogP contribution is -2.16. The van der Waals surface area contributed by atoms with Crippen molar-refractivity contribution >= 4 is 17.3 Å². The van der Waals surface area contributed by atoms with Crippen molar-refractivity contribution in [1.29, 1.82) is 5.41 Å². The van der Waals surface area contributed by atoms with Crippen LogP contribution in [0.4, 0.5) is 11.5 Å². The Labute approximate surface area is 111 Å². The topological polar surface area (TPSA) is 88.1 Å². The second-order valence-electron chi connectivity index (χ2n) is 3.93. The zero-order chi connectivity index (χ0) is 13.8. The Balaban J connectivity index is 2.27. The van der Waals surface area contributed by atoms with E-state index < -0.39 is 0 Å². The maximum atomic E-state index is 7.28. The number of ether oxygens (including phenoxy) is 1. The zero-order valence-electron chi connectivity index (χ0n) is 10.8. The van der Waals surface area contributed by atoms with Crippen molar-refractivity contribution in [3.63, 3.8) is 0 Å². The van der Waals surface area contributed by atoms with Gasteiger partial charge in [0.25, 0.3) is 0 Å². The molecule has 98 valence electrons. The molecule has 0 bridgehead atoms. The summed E-state index contributed by atoms with van der Waals surface area (Å²) >= 11 is 0. The highest BCUT2D eigenvalue weighted by Crippen LogP contribution is 2.24. The van der Waals surface area contributed by atoms with Crippen molar-refractivity contribution in [3.05, 3.63) is 42.4 Å². The summed E-state index contributed by atoms with van der Waals surface area (Å²) < 4.78 is 5.18. The lowest BCUT2D eigenvalue weighted by Gasteiger charge is -2.18. The van der Waals surface area contributed by atoms with E-state index in [-0.39, 0.29) is 5.84 Å². The van der Waals surface area contributed by atoms with E-state index >= 15 is 0 Å². The van der Waals surface area contributed by atoms with Gasteiger partial charge in [0.2, 0.25) is 0 Å². The molecule has 2 aromatic rings. The first-order valence-electron chi connectivity index (χ1n) is 5.66. The molecule has 6 nitrogen and oxygen atoms in total. The van der Waals surface area contributed by atoms with E-state index in [9.17, 15) is 0 Å². The molecule has 0 atom stereocenters. The Bertz CT molecular complexity index is 582. The largest absolute Gasteiger partial charge is 0.497 e. The van der Waals surface area contributed by atoms with E-state index in [0.717, 1.165) is 11.4 Å². The van der Waals surface area contributed by atoms with Gasteiger partial charge in [-0.1, -0.05) is 6.07 Å². The molecule has 0 saturated heterocycles. The molecule has 3 N–H and O–H groups in total. The molecule has 0 aliphatic rings. The molecular weight excluding hydrogens is 242 g/mol. The minimum Gasteiger partial charge on any atom is -0.497 e. The van der Waals surface area contributed by atoms with Crippen LogP contribution in [0.15, 0.2) is 36.7 Å². The Hall–Kier alpha value is -2.63. The van der Waals surface area contributed by atoms with Crippen LogP contribution in [0, 0.1) is 5.41 Å². The number of rotatable bonds is 4. The van der Waals surface area contributed by atoms with Crippen LogP contribution < -0.4 is 15.4 Å². The maximum absolute atomic E-state index is 7.28. The lowest BCUT2D eigenvalue weighted by molar-refractivity contribution is 0.415. The first-order chi connectivity index (χ1) is 9.11. The lowest BCUT2D eigenvalue weighted by atomic mass is 10.3. The number of benzene rings is 1. The molecule has 2 rings (SSSR count). The second-order valence-corrected chi connectivity index (χ2v) is 3.93. The van der Waals surface area contributed by atoms with E-state index in [4.69, 9.17) is 15.9 Å². The zero-order valence-corrected chi connectivity index (χ0v) is 10.8. The van der Waals surface area contributed by atoms with Crippen molar-refractivity contribution in [2.75, 3.05) is 19.1 Å². The average molecular weight is 257 g/mol. The standard InChI is InChI=1S/C13H15N5O/c1-18(9-4-3-5-10(6-9)19-2)12-8-16-11(7-17-12)13(14)15/h3-8H,1-2H3,(H3,14,15). The summed E-state index contributed by atoms with van der Waals surface area (Å²) in [4.78, 5) is 10.2. The Morgan fingerprint density at radius 2 is 2.11 bits per heavy atom. The van der Waals surface area contributed by atoms with Gasteiger partial charge in [0, 0.05) is 18.8 Å². The summed E-state index contributed by atoms with van der Waals surface area (Å²) in [5.74, 6) is 1.35. The third-order valence-corrected chi connectivity index (χ3v) is 2.70. The number of hydrogen-bond acceptors (Lipinski definition) is 5. The highest BCUT2D eigenvalue weighted by Gasteiger charge is 2.07.